The summed E-state index contributed by atoms with van der Waals surface area (Å²) in [4.78, 5) is 4.28. The normalized spacial score (nSPS) is 11.9. The van der Waals surface area contributed by atoms with Crippen molar-refractivity contribution in [1.29, 1.82) is 0 Å². The first-order valence-electron chi connectivity index (χ1n) is 6.82. The lowest BCUT2D eigenvalue weighted by atomic mass is 10.1. The van der Waals surface area contributed by atoms with E-state index in [0.717, 1.165) is 6.42 Å². The molecule has 2 N–H and O–H groups in total. The highest BCUT2D eigenvalue weighted by molar-refractivity contribution is 5.50. The minimum atomic E-state index is -0.0912. The van der Waals surface area contributed by atoms with E-state index in [-0.39, 0.29) is 12.6 Å². The summed E-state index contributed by atoms with van der Waals surface area (Å²) in [5.41, 5.74) is 1.17. The molecular formula is C16H20N2O2. The fourth-order valence-electron chi connectivity index (χ4n) is 2.02. The van der Waals surface area contributed by atoms with Gasteiger partial charge in [0.25, 0.3) is 0 Å². The van der Waals surface area contributed by atoms with Crippen LogP contribution in [0.2, 0.25) is 0 Å². The Labute approximate surface area is 119 Å². The topological polar surface area (TPSA) is 54.4 Å². The second kappa shape index (κ2) is 7.50. The number of rotatable bonds is 7. The van der Waals surface area contributed by atoms with Crippen molar-refractivity contribution in [2.45, 2.75) is 19.4 Å². The molecule has 0 radical (unpaired) electrons. The molecule has 0 aliphatic heterocycles. The van der Waals surface area contributed by atoms with Crippen LogP contribution in [0.3, 0.4) is 0 Å². The maximum absolute atomic E-state index is 9.54. The zero-order valence-electron chi connectivity index (χ0n) is 11.6. The van der Waals surface area contributed by atoms with E-state index in [9.17, 15) is 5.11 Å². The van der Waals surface area contributed by atoms with E-state index in [0.29, 0.717) is 18.2 Å². The van der Waals surface area contributed by atoms with Crippen LogP contribution in [0, 0.1) is 0 Å². The molecule has 1 aromatic heterocycles. The van der Waals surface area contributed by atoms with Gasteiger partial charge in [-0.3, -0.25) is 0 Å². The van der Waals surface area contributed by atoms with Gasteiger partial charge in [0.1, 0.15) is 0 Å². The van der Waals surface area contributed by atoms with Gasteiger partial charge in [0.05, 0.1) is 19.3 Å². The highest BCUT2D eigenvalue weighted by Crippen LogP contribution is 2.22. The average Bonchev–Trinajstić information content (AvgIpc) is 2.50. The smallest absolute Gasteiger partial charge is 0.169 e. The second-order valence-electron chi connectivity index (χ2n) is 4.50. The average molecular weight is 272 g/mol. The van der Waals surface area contributed by atoms with E-state index in [2.05, 4.69) is 10.3 Å². The standard InChI is InChI=1S/C16H20N2O2/c1-2-20-15-9-6-10-17-16(15)18-14(12-19)11-13-7-4-3-5-8-13/h3-10,14,19H,2,11-12H2,1H3,(H,17,18). The molecule has 0 aliphatic rings. The zero-order valence-corrected chi connectivity index (χ0v) is 11.6. The van der Waals surface area contributed by atoms with Crippen molar-refractivity contribution in [2.75, 3.05) is 18.5 Å². The van der Waals surface area contributed by atoms with Crippen LogP contribution in [0.4, 0.5) is 5.82 Å². The van der Waals surface area contributed by atoms with Crippen molar-refractivity contribution in [3.05, 3.63) is 54.2 Å². The molecule has 2 rings (SSSR count). The maximum Gasteiger partial charge on any atom is 0.169 e. The van der Waals surface area contributed by atoms with Crippen molar-refractivity contribution in [3.63, 3.8) is 0 Å². The van der Waals surface area contributed by atoms with Gasteiger partial charge >= 0.3 is 0 Å². The number of anilines is 1. The van der Waals surface area contributed by atoms with Gasteiger partial charge in [-0.1, -0.05) is 30.3 Å². The Balaban J connectivity index is 2.06. The molecule has 20 heavy (non-hydrogen) atoms. The first kappa shape index (κ1) is 14.3. The van der Waals surface area contributed by atoms with Crippen LogP contribution in [0.1, 0.15) is 12.5 Å². The van der Waals surface area contributed by atoms with E-state index < -0.39 is 0 Å². The molecule has 1 atom stereocenters. The first-order chi connectivity index (χ1) is 9.83. The Hall–Kier alpha value is -2.07. The molecule has 0 amide bonds. The van der Waals surface area contributed by atoms with Crippen molar-refractivity contribution in [1.82, 2.24) is 4.98 Å². The number of hydrogen-bond donors (Lipinski definition) is 2. The molecule has 4 nitrogen and oxygen atoms in total. The van der Waals surface area contributed by atoms with Gasteiger partial charge in [-0.05, 0) is 31.0 Å². The summed E-state index contributed by atoms with van der Waals surface area (Å²) in [5, 5.41) is 12.8. The fourth-order valence-corrected chi connectivity index (χ4v) is 2.02. The Bertz CT molecular complexity index is 517. The van der Waals surface area contributed by atoms with Crippen LogP contribution in [-0.4, -0.2) is 29.3 Å². The highest BCUT2D eigenvalue weighted by atomic mass is 16.5. The summed E-state index contributed by atoms with van der Waals surface area (Å²) in [6, 6.07) is 13.7. The van der Waals surface area contributed by atoms with Gasteiger partial charge in [-0.25, -0.2) is 4.98 Å². The van der Waals surface area contributed by atoms with E-state index in [1.165, 1.54) is 5.56 Å². The predicted octanol–water partition coefficient (Wildman–Crippen LogP) is 2.50. The molecule has 0 fully saturated rings. The quantitative estimate of drug-likeness (QED) is 0.813. The van der Waals surface area contributed by atoms with E-state index in [1.807, 2.05) is 49.4 Å². The van der Waals surface area contributed by atoms with Crippen LogP contribution in [0.25, 0.3) is 0 Å². The summed E-state index contributed by atoms with van der Waals surface area (Å²) in [5.74, 6) is 1.38. The second-order valence-corrected chi connectivity index (χ2v) is 4.50. The van der Waals surface area contributed by atoms with E-state index in [4.69, 9.17) is 4.74 Å². The minimum Gasteiger partial charge on any atom is -0.490 e. The van der Waals surface area contributed by atoms with E-state index >= 15 is 0 Å². The van der Waals surface area contributed by atoms with Gasteiger partial charge in [-0.2, -0.15) is 0 Å². The van der Waals surface area contributed by atoms with E-state index in [1.54, 1.807) is 6.20 Å². The molecule has 0 spiro atoms. The minimum absolute atomic E-state index is 0.0387. The molecule has 1 heterocycles. The monoisotopic (exact) mass is 272 g/mol. The molecular weight excluding hydrogens is 252 g/mol. The number of pyridine rings is 1. The Kier molecular flexibility index (Phi) is 5.38. The first-order valence-corrected chi connectivity index (χ1v) is 6.82. The molecule has 1 unspecified atom stereocenters. The third kappa shape index (κ3) is 3.96. The number of nitrogens with zero attached hydrogens (tertiary/aromatic N) is 1. The number of ether oxygens (including phenoxy) is 1. The molecule has 2 aromatic rings. The molecule has 106 valence electrons. The maximum atomic E-state index is 9.54. The lowest BCUT2D eigenvalue weighted by Gasteiger charge is -2.19. The van der Waals surface area contributed by atoms with Gasteiger partial charge < -0.3 is 15.2 Å². The Morgan fingerprint density at radius 3 is 2.70 bits per heavy atom. The molecule has 0 saturated heterocycles. The number of aliphatic hydroxyl groups excluding tert-OH is 1. The van der Waals surface area contributed by atoms with Gasteiger partial charge in [0, 0.05) is 6.20 Å². The highest BCUT2D eigenvalue weighted by Gasteiger charge is 2.12. The molecule has 0 aliphatic carbocycles. The lowest BCUT2D eigenvalue weighted by Crippen LogP contribution is -2.27. The SMILES string of the molecule is CCOc1cccnc1NC(CO)Cc1ccccc1. The van der Waals surface area contributed by atoms with Crippen molar-refractivity contribution in [3.8, 4) is 5.75 Å². The number of aromatic nitrogens is 1. The Morgan fingerprint density at radius 1 is 1.20 bits per heavy atom. The van der Waals surface area contributed by atoms with Crippen molar-refractivity contribution in [2.24, 2.45) is 0 Å². The molecule has 4 heteroatoms. The predicted molar refractivity (Wildman–Crippen MR) is 80.0 cm³/mol. The van der Waals surface area contributed by atoms with Gasteiger partial charge in [0.15, 0.2) is 11.6 Å². The van der Waals surface area contributed by atoms with Crippen molar-refractivity contribution >= 4 is 5.82 Å². The number of nitrogens with one attached hydrogen (secondary N) is 1. The summed E-state index contributed by atoms with van der Waals surface area (Å²) >= 11 is 0. The summed E-state index contributed by atoms with van der Waals surface area (Å²) in [6.45, 7) is 2.56. The fraction of sp³-hybridized carbons (Fsp3) is 0.312. The van der Waals surface area contributed by atoms with Crippen LogP contribution in [0.15, 0.2) is 48.7 Å². The van der Waals surface area contributed by atoms with Crippen LogP contribution >= 0.6 is 0 Å². The van der Waals surface area contributed by atoms with Crippen molar-refractivity contribution < 1.29 is 9.84 Å². The zero-order chi connectivity index (χ0) is 14.2. The number of hydrogen-bond acceptors (Lipinski definition) is 4. The van der Waals surface area contributed by atoms with Gasteiger partial charge in [-0.15, -0.1) is 0 Å². The molecule has 1 aromatic carbocycles. The largest absolute Gasteiger partial charge is 0.490 e. The van der Waals surface area contributed by atoms with Crippen LogP contribution in [-0.2, 0) is 6.42 Å². The summed E-state index contributed by atoms with van der Waals surface area (Å²) < 4.78 is 5.53. The summed E-state index contributed by atoms with van der Waals surface area (Å²) in [6.07, 6.45) is 2.45. The summed E-state index contributed by atoms with van der Waals surface area (Å²) in [7, 11) is 0. The number of aliphatic hydroxyl groups is 1. The molecule has 0 bridgehead atoms. The third-order valence-electron chi connectivity index (χ3n) is 2.96. The van der Waals surface area contributed by atoms with Crippen LogP contribution in [0.5, 0.6) is 5.75 Å². The number of benzene rings is 1. The lowest BCUT2D eigenvalue weighted by molar-refractivity contribution is 0.272. The Morgan fingerprint density at radius 2 is 2.00 bits per heavy atom. The van der Waals surface area contributed by atoms with Crippen LogP contribution < -0.4 is 10.1 Å². The molecule has 0 saturated carbocycles. The third-order valence-corrected chi connectivity index (χ3v) is 2.96. The van der Waals surface area contributed by atoms with Gasteiger partial charge in [0.2, 0.25) is 0 Å².